The minimum absolute atomic E-state index is 0.0826. The second kappa shape index (κ2) is 8.48. The number of aryl methyl sites for hydroxylation is 2. The molecule has 4 aromatic rings. The molecule has 4 heterocycles. The van der Waals surface area contributed by atoms with E-state index < -0.39 is 0 Å². The van der Waals surface area contributed by atoms with Crippen LogP contribution >= 0.6 is 11.3 Å². The van der Waals surface area contributed by atoms with E-state index in [4.69, 9.17) is 0 Å². The Balaban J connectivity index is 1.28. The van der Waals surface area contributed by atoms with Gasteiger partial charge in [0.05, 0.1) is 5.56 Å². The minimum atomic E-state index is -0.0826. The van der Waals surface area contributed by atoms with Gasteiger partial charge in [0.25, 0.3) is 5.91 Å². The number of hydrogen-bond donors (Lipinski definition) is 1. The highest BCUT2D eigenvalue weighted by atomic mass is 32.1. The lowest BCUT2D eigenvalue weighted by Crippen LogP contribution is -2.25. The SMILES string of the molecule is Cc1sc(-n2cnnn2)c(C(=O)NCCCCCc2nnc3ccccn23)c1C. The van der Waals surface area contributed by atoms with Crippen molar-refractivity contribution in [2.24, 2.45) is 0 Å². The van der Waals surface area contributed by atoms with Crippen molar-refractivity contribution in [3.8, 4) is 5.00 Å². The number of thiophene rings is 1. The Morgan fingerprint density at radius 1 is 1.17 bits per heavy atom. The molecule has 0 aliphatic carbocycles. The van der Waals surface area contributed by atoms with Gasteiger partial charge >= 0.3 is 0 Å². The Kier molecular flexibility index (Phi) is 5.61. The molecular weight excluding hydrogens is 388 g/mol. The number of nitrogens with zero attached hydrogens (tertiary/aromatic N) is 7. The summed E-state index contributed by atoms with van der Waals surface area (Å²) in [6, 6.07) is 5.88. The van der Waals surface area contributed by atoms with Gasteiger partial charge in [0.15, 0.2) is 5.65 Å². The maximum absolute atomic E-state index is 12.8. The summed E-state index contributed by atoms with van der Waals surface area (Å²) in [5, 5.41) is 23.5. The van der Waals surface area contributed by atoms with Gasteiger partial charge in [-0.1, -0.05) is 12.5 Å². The monoisotopic (exact) mass is 410 g/mol. The van der Waals surface area contributed by atoms with Crippen LogP contribution in [0.5, 0.6) is 0 Å². The van der Waals surface area contributed by atoms with E-state index in [-0.39, 0.29) is 5.91 Å². The van der Waals surface area contributed by atoms with Crippen molar-refractivity contribution in [2.75, 3.05) is 6.54 Å². The molecule has 1 N–H and O–H groups in total. The van der Waals surface area contributed by atoms with Gasteiger partial charge in [-0.3, -0.25) is 9.20 Å². The molecule has 0 saturated heterocycles. The van der Waals surface area contributed by atoms with E-state index in [1.165, 1.54) is 17.7 Å². The third-order valence-corrected chi connectivity index (χ3v) is 6.09. The molecule has 0 aliphatic heterocycles. The lowest BCUT2D eigenvalue weighted by molar-refractivity contribution is 0.0952. The maximum atomic E-state index is 12.8. The molecule has 0 fully saturated rings. The van der Waals surface area contributed by atoms with E-state index in [0.29, 0.717) is 12.1 Å². The molecule has 4 rings (SSSR count). The number of nitrogens with one attached hydrogen (secondary N) is 1. The fourth-order valence-electron chi connectivity index (χ4n) is 3.23. The van der Waals surface area contributed by atoms with E-state index in [0.717, 1.165) is 52.6 Å². The number of pyridine rings is 1. The molecule has 0 aliphatic rings. The fraction of sp³-hybridized carbons (Fsp3) is 0.368. The summed E-state index contributed by atoms with van der Waals surface area (Å²) in [5.74, 6) is 0.890. The Hall–Kier alpha value is -3.14. The molecule has 4 aromatic heterocycles. The van der Waals surface area contributed by atoms with Gasteiger partial charge in [-0.25, -0.2) is 0 Å². The van der Waals surface area contributed by atoms with Crippen molar-refractivity contribution >= 4 is 22.9 Å². The minimum Gasteiger partial charge on any atom is -0.352 e. The molecule has 0 atom stereocenters. The van der Waals surface area contributed by atoms with Crippen LogP contribution in [0.1, 0.15) is 45.9 Å². The molecule has 10 heteroatoms. The van der Waals surface area contributed by atoms with Crippen molar-refractivity contribution in [1.82, 2.24) is 40.1 Å². The number of amides is 1. The van der Waals surface area contributed by atoms with Crippen molar-refractivity contribution in [2.45, 2.75) is 39.5 Å². The van der Waals surface area contributed by atoms with E-state index >= 15 is 0 Å². The lowest BCUT2D eigenvalue weighted by atomic mass is 10.1. The van der Waals surface area contributed by atoms with E-state index in [9.17, 15) is 4.79 Å². The average Bonchev–Trinajstić information content (AvgIpc) is 3.45. The molecule has 9 nitrogen and oxygen atoms in total. The predicted octanol–water partition coefficient (Wildman–Crippen LogP) is 2.53. The van der Waals surface area contributed by atoms with Crippen LogP contribution in [-0.2, 0) is 6.42 Å². The highest BCUT2D eigenvalue weighted by Crippen LogP contribution is 2.30. The molecule has 0 radical (unpaired) electrons. The zero-order valence-electron chi connectivity index (χ0n) is 16.4. The van der Waals surface area contributed by atoms with Crippen LogP contribution in [-0.4, -0.2) is 47.3 Å². The summed E-state index contributed by atoms with van der Waals surface area (Å²) >= 11 is 1.52. The number of hydrogen-bond acceptors (Lipinski definition) is 7. The van der Waals surface area contributed by atoms with Crippen LogP contribution in [0.2, 0.25) is 0 Å². The van der Waals surface area contributed by atoms with Crippen LogP contribution in [0, 0.1) is 13.8 Å². The van der Waals surface area contributed by atoms with E-state index in [1.54, 1.807) is 4.68 Å². The zero-order chi connectivity index (χ0) is 20.2. The molecule has 150 valence electrons. The van der Waals surface area contributed by atoms with Crippen LogP contribution < -0.4 is 5.32 Å². The summed E-state index contributed by atoms with van der Waals surface area (Å²) in [4.78, 5) is 13.8. The molecule has 0 saturated carbocycles. The average molecular weight is 411 g/mol. The first-order valence-electron chi connectivity index (χ1n) is 9.55. The molecular formula is C19H22N8OS. The molecule has 0 unspecified atom stereocenters. The van der Waals surface area contributed by atoms with Crippen LogP contribution in [0.25, 0.3) is 10.6 Å². The first-order chi connectivity index (χ1) is 14.1. The molecule has 0 bridgehead atoms. The Labute approximate surface area is 171 Å². The maximum Gasteiger partial charge on any atom is 0.254 e. The second-order valence-electron chi connectivity index (χ2n) is 6.83. The highest BCUT2D eigenvalue weighted by Gasteiger charge is 2.21. The smallest absolute Gasteiger partial charge is 0.254 e. The van der Waals surface area contributed by atoms with Crippen LogP contribution in [0.15, 0.2) is 30.7 Å². The highest BCUT2D eigenvalue weighted by molar-refractivity contribution is 7.15. The zero-order valence-corrected chi connectivity index (χ0v) is 17.2. The molecule has 0 spiro atoms. The van der Waals surface area contributed by atoms with Gasteiger partial charge in [-0.05, 0) is 54.8 Å². The number of fused-ring (bicyclic) bond motifs is 1. The number of carbonyl (C=O) groups excluding carboxylic acids is 1. The van der Waals surface area contributed by atoms with Gasteiger partial charge in [0.1, 0.15) is 17.2 Å². The van der Waals surface area contributed by atoms with Gasteiger partial charge in [0.2, 0.25) is 0 Å². The largest absolute Gasteiger partial charge is 0.352 e. The van der Waals surface area contributed by atoms with Gasteiger partial charge in [0, 0.05) is 24.0 Å². The quantitative estimate of drug-likeness (QED) is 0.448. The van der Waals surface area contributed by atoms with Crippen LogP contribution in [0.4, 0.5) is 0 Å². The van der Waals surface area contributed by atoms with Crippen LogP contribution in [0.3, 0.4) is 0 Å². The number of tetrazole rings is 1. The second-order valence-corrected chi connectivity index (χ2v) is 8.03. The summed E-state index contributed by atoms with van der Waals surface area (Å²) in [6.07, 6.45) is 7.27. The number of aromatic nitrogens is 7. The van der Waals surface area contributed by atoms with Gasteiger partial charge in [-0.15, -0.1) is 26.6 Å². The third kappa shape index (κ3) is 4.02. The van der Waals surface area contributed by atoms with E-state index in [1.807, 2.05) is 42.6 Å². The number of unbranched alkanes of at least 4 members (excludes halogenated alkanes) is 2. The van der Waals surface area contributed by atoms with E-state index in [2.05, 4.69) is 31.0 Å². The Morgan fingerprint density at radius 2 is 2.07 bits per heavy atom. The Bertz CT molecular complexity index is 1110. The van der Waals surface area contributed by atoms with Crippen molar-refractivity contribution in [3.63, 3.8) is 0 Å². The first kappa shape index (κ1) is 19.2. The summed E-state index contributed by atoms with van der Waals surface area (Å²) in [7, 11) is 0. The normalized spacial score (nSPS) is 11.2. The van der Waals surface area contributed by atoms with Gasteiger partial charge in [-0.2, -0.15) is 4.68 Å². The summed E-state index contributed by atoms with van der Waals surface area (Å²) in [6.45, 7) is 4.58. The lowest BCUT2D eigenvalue weighted by Gasteiger charge is -2.07. The molecule has 1 amide bonds. The Morgan fingerprint density at radius 3 is 2.90 bits per heavy atom. The topological polar surface area (TPSA) is 103 Å². The predicted molar refractivity (Wildman–Crippen MR) is 109 cm³/mol. The molecule has 29 heavy (non-hydrogen) atoms. The first-order valence-corrected chi connectivity index (χ1v) is 10.4. The van der Waals surface area contributed by atoms with Crippen molar-refractivity contribution < 1.29 is 4.79 Å². The van der Waals surface area contributed by atoms with Crippen molar-refractivity contribution in [1.29, 1.82) is 0 Å². The number of rotatable bonds is 8. The third-order valence-electron chi connectivity index (χ3n) is 4.90. The standard InChI is InChI=1S/C19H22N8OS/c1-13-14(2)29-19(27-12-21-24-25-27)17(13)18(28)20-10-6-3-4-8-15-22-23-16-9-5-7-11-26(15)16/h5,7,9,11-12H,3-4,6,8,10H2,1-2H3,(H,20,28). The molecule has 0 aromatic carbocycles. The summed E-state index contributed by atoms with van der Waals surface area (Å²) < 4.78 is 3.56. The van der Waals surface area contributed by atoms with Crippen molar-refractivity contribution in [3.05, 3.63) is 52.6 Å². The van der Waals surface area contributed by atoms with Gasteiger partial charge < -0.3 is 5.32 Å². The number of carbonyl (C=O) groups is 1. The summed E-state index contributed by atoms with van der Waals surface area (Å²) in [5.41, 5.74) is 2.49. The fourth-order valence-corrected chi connectivity index (χ4v) is 4.30.